The molecule has 0 spiro atoms. The van der Waals surface area contributed by atoms with Crippen molar-refractivity contribution in [2.24, 2.45) is 0 Å². The molecule has 3 aromatic carbocycles. The molecule has 0 fully saturated rings. The van der Waals surface area contributed by atoms with Crippen LogP contribution in [0.3, 0.4) is 0 Å². The number of nitro groups is 1. The van der Waals surface area contributed by atoms with Crippen molar-refractivity contribution in [3.63, 3.8) is 0 Å². The minimum Gasteiger partial charge on any atom is -0.350 e. The number of nitrogens with zero attached hydrogens (tertiary/aromatic N) is 1. The van der Waals surface area contributed by atoms with E-state index in [4.69, 9.17) is 0 Å². The highest BCUT2D eigenvalue weighted by atomic mass is 19.4. The maximum atomic E-state index is 14.6. The standard InChI is InChI=1S/C17H4F10N2O2/c18-9-7-8(10(19)14(23)13(9)22)12(21)16(15(24)11(7)20)28-6-2-1-4(29(30)31)3-5(6)17(25,26)27/h1-3,28H. The van der Waals surface area contributed by atoms with Gasteiger partial charge in [-0.3, -0.25) is 10.1 Å². The van der Waals surface area contributed by atoms with Gasteiger partial charge in [0.05, 0.1) is 26.9 Å². The van der Waals surface area contributed by atoms with Crippen LogP contribution in [0.5, 0.6) is 0 Å². The molecule has 0 saturated heterocycles. The molecule has 0 bridgehead atoms. The molecule has 0 heterocycles. The summed E-state index contributed by atoms with van der Waals surface area (Å²) in [5.41, 5.74) is -5.93. The van der Waals surface area contributed by atoms with E-state index in [2.05, 4.69) is 0 Å². The van der Waals surface area contributed by atoms with Crippen molar-refractivity contribution in [2.45, 2.75) is 6.18 Å². The van der Waals surface area contributed by atoms with Crippen molar-refractivity contribution < 1.29 is 48.8 Å². The molecule has 31 heavy (non-hydrogen) atoms. The van der Waals surface area contributed by atoms with Gasteiger partial charge in [0.25, 0.3) is 5.69 Å². The van der Waals surface area contributed by atoms with E-state index in [1.807, 2.05) is 0 Å². The summed E-state index contributed by atoms with van der Waals surface area (Å²) >= 11 is 0. The number of benzene rings is 3. The van der Waals surface area contributed by atoms with Gasteiger partial charge in [-0.1, -0.05) is 0 Å². The van der Waals surface area contributed by atoms with Crippen molar-refractivity contribution in [1.82, 2.24) is 0 Å². The van der Waals surface area contributed by atoms with Crippen LogP contribution in [0.4, 0.5) is 61.0 Å². The third-order valence-corrected chi connectivity index (χ3v) is 4.12. The molecular formula is C17H4F10N2O2. The van der Waals surface area contributed by atoms with Crippen molar-refractivity contribution in [3.8, 4) is 0 Å². The van der Waals surface area contributed by atoms with Crippen LogP contribution in [0.1, 0.15) is 5.56 Å². The molecule has 3 rings (SSSR count). The first-order valence-electron chi connectivity index (χ1n) is 7.72. The van der Waals surface area contributed by atoms with E-state index in [0.29, 0.717) is 12.1 Å². The van der Waals surface area contributed by atoms with Gasteiger partial charge in [0.15, 0.2) is 40.7 Å². The molecule has 0 unspecified atom stereocenters. The Kier molecular flexibility index (Phi) is 5.19. The topological polar surface area (TPSA) is 55.2 Å². The third kappa shape index (κ3) is 3.47. The predicted octanol–water partition coefficient (Wildman–Crippen LogP) is 6.48. The van der Waals surface area contributed by atoms with Crippen LogP contribution < -0.4 is 5.32 Å². The largest absolute Gasteiger partial charge is 0.418 e. The average molecular weight is 458 g/mol. The van der Waals surface area contributed by atoms with Gasteiger partial charge < -0.3 is 5.32 Å². The molecule has 1 N–H and O–H groups in total. The lowest BCUT2D eigenvalue weighted by Crippen LogP contribution is -2.12. The number of rotatable bonds is 3. The third-order valence-electron chi connectivity index (χ3n) is 4.12. The zero-order valence-electron chi connectivity index (χ0n) is 14.3. The molecule has 0 saturated carbocycles. The Labute approximate surface area is 163 Å². The molecule has 4 nitrogen and oxygen atoms in total. The Balaban J connectivity index is 2.33. The van der Waals surface area contributed by atoms with Gasteiger partial charge >= 0.3 is 6.18 Å². The molecule has 14 heteroatoms. The van der Waals surface area contributed by atoms with Crippen LogP contribution in [-0.4, -0.2) is 4.92 Å². The van der Waals surface area contributed by atoms with Gasteiger partial charge in [-0.2, -0.15) is 13.2 Å². The Morgan fingerprint density at radius 1 is 0.742 bits per heavy atom. The Hall–Kier alpha value is -3.58. The van der Waals surface area contributed by atoms with Crippen LogP contribution in [-0.2, 0) is 6.18 Å². The number of alkyl halides is 3. The van der Waals surface area contributed by atoms with E-state index in [1.54, 1.807) is 0 Å². The second-order valence-corrected chi connectivity index (χ2v) is 5.93. The SMILES string of the molecule is O=[N+]([O-])c1ccc(Nc2c(F)c(F)c3c(F)c(F)c(F)c(F)c3c2F)c(C(F)(F)F)c1. The van der Waals surface area contributed by atoms with Crippen molar-refractivity contribution >= 4 is 27.8 Å². The van der Waals surface area contributed by atoms with Crippen LogP contribution >= 0.6 is 0 Å². The summed E-state index contributed by atoms with van der Waals surface area (Å²) in [4.78, 5) is 9.48. The van der Waals surface area contributed by atoms with Gasteiger partial charge in [-0.05, 0) is 6.07 Å². The van der Waals surface area contributed by atoms with Crippen LogP contribution in [0.25, 0.3) is 10.8 Å². The van der Waals surface area contributed by atoms with Crippen molar-refractivity contribution in [3.05, 3.63) is 74.6 Å². The molecule has 164 valence electrons. The summed E-state index contributed by atoms with van der Waals surface area (Å²) in [6, 6.07) is 0.856. The molecule has 0 atom stereocenters. The number of nitrogens with one attached hydrogen (secondary N) is 1. The van der Waals surface area contributed by atoms with E-state index < -0.39 is 85.2 Å². The maximum absolute atomic E-state index is 14.6. The summed E-state index contributed by atoms with van der Waals surface area (Å²) < 4.78 is 137. The summed E-state index contributed by atoms with van der Waals surface area (Å²) in [5, 5.41) is 8.28. The zero-order chi connectivity index (χ0) is 23.4. The fraction of sp³-hybridized carbons (Fsp3) is 0.0588. The lowest BCUT2D eigenvalue weighted by atomic mass is 10.0. The average Bonchev–Trinajstić information content (AvgIpc) is 2.69. The maximum Gasteiger partial charge on any atom is 0.418 e. The van der Waals surface area contributed by atoms with E-state index in [1.165, 1.54) is 5.32 Å². The summed E-state index contributed by atoms with van der Waals surface area (Å²) in [7, 11) is 0. The second kappa shape index (κ2) is 7.28. The van der Waals surface area contributed by atoms with Gasteiger partial charge in [0.1, 0.15) is 5.69 Å². The van der Waals surface area contributed by atoms with Gasteiger partial charge in [0, 0.05) is 12.1 Å². The first kappa shape index (κ1) is 22.1. The minimum absolute atomic E-state index is 0.00908. The molecule has 0 aliphatic heterocycles. The van der Waals surface area contributed by atoms with E-state index in [-0.39, 0.29) is 6.07 Å². The van der Waals surface area contributed by atoms with E-state index in [9.17, 15) is 54.0 Å². The summed E-state index contributed by atoms with van der Waals surface area (Å²) in [5.74, 6) is -17.2. The smallest absolute Gasteiger partial charge is 0.350 e. The monoisotopic (exact) mass is 458 g/mol. The van der Waals surface area contributed by atoms with Gasteiger partial charge in [0.2, 0.25) is 0 Å². The first-order chi connectivity index (χ1) is 14.3. The number of hydrogen-bond acceptors (Lipinski definition) is 3. The molecule has 0 amide bonds. The van der Waals surface area contributed by atoms with Gasteiger partial charge in [-0.25, -0.2) is 30.7 Å². The predicted molar refractivity (Wildman–Crippen MR) is 85.0 cm³/mol. The highest BCUT2D eigenvalue weighted by molar-refractivity contribution is 5.90. The number of halogens is 10. The lowest BCUT2D eigenvalue weighted by Gasteiger charge is -2.17. The van der Waals surface area contributed by atoms with Gasteiger partial charge in [-0.15, -0.1) is 0 Å². The summed E-state index contributed by atoms with van der Waals surface area (Å²) in [6.45, 7) is 0. The number of hydrogen-bond donors (Lipinski definition) is 1. The molecule has 0 aliphatic carbocycles. The van der Waals surface area contributed by atoms with Crippen molar-refractivity contribution in [1.29, 1.82) is 0 Å². The zero-order valence-corrected chi connectivity index (χ0v) is 14.3. The minimum atomic E-state index is -5.32. The van der Waals surface area contributed by atoms with E-state index in [0.717, 1.165) is 0 Å². The first-order valence-corrected chi connectivity index (χ1v) is 7.72. The Morgan fingerprint density at radius 2 is 1.23 bits per heavy atom. The quantitative estimate of drug-likeness (QED) is 0.161. The highest BCUT2D eigenvalue weighted by Gasteiger charge is 2.37. The van der Waals surface area contributed by atoms with Crippen LogP contribution in [0, 0.1) is 50.8 Å². The van der Waals surface area contributed by atoms with Crippen LogP contribution in [0.15, 0.2) is 18.2 Å². The number of anilines is 2. The van der Waals surface area contributed by atoms with E-state index >= 15 is 0 Å². The Bertz CT molecular complexity index is 1260. The fourth-order valence-corrected chi connectivity index (χ4v) is 2.72. The fourth-order valence-electron chi connectivity index (χ4n) is 2.72. The normalized spacial score (nSPS) is 11.8. The number of non-ortho nitro benzene ring substituents is 1. The van der Waals surface area contributed by atoms with Crippen molar-refractivity contribution in [2.75, 3.05) is 5.32 Å². The summed E-state index contributed by atoms with van der Waals surface area (Å²) in [6.07, 6.45) is -5.32. The molecule has 0 aromatic heterocycles. The number of nitro benzene ring substituents is 1. The molecule has 0 aliphatic rings. The lowest BCUT2D eigenvalue weighted by molar-refractivity contribution is -0.385. The number of fused-ring (bicyclic) bond motifs is 1. The molecule has 3 aromatic rings. The second-order valence-electron chi connectivity index (χ2n) is 5.93. The Morgan fingerprint density at radius 3 is 1.71 bits per heavy atom. The molecular weight excluding hydrogens is 454 g/mol. The highest BCUT2D eigenvalue weighted by Crippen LogP contribution is 2.41. The molecule has 0 radical (unpaired) electrons. The van der Waals surface area contributed by atoms with Crippen LogP contribution in [0.2, 0.25) is 0 Å².